The van der Waals surface area contributed by atoms with Crippen molar-refractivity contribution in [2.75, 3.05) is 12.4 Å². The molecule has 0 unspecified atom stereocenters. The number of ether oxygens (including phenoxy) is 1. The van der Waals surface area contributed by atoms with Crippen LogP contribution in [-0.2, 0) is 4.79 Å². The summed E-state index contributed by atoms with van der Waals surface area (Å²) in [5.74, 6) is -1.02. The largest absolute Gasteiger partial charge is 0.496 e. The number of carboxylic acids is 1. The molecular formula is C14H17ClN2O4S. The quantitative estimate of drug-likeness (QED) is 0.712. The van der Waals surface area contributed by atoms with Crippen LogP contribution in [0.3, 0.4) is 0 Å². The Morgan fingerprint density at radius 2 is 2.05 bits per heavy atom. The molecule has 0 saturated heterocycles. The Morgan fingerprint density at radius 3 is 2.55 bits per heavy atom. The molecule has 0 aromatic heterocycles. The summed E-state index contributed by atoms with van der Waals surface area (Å²) in [4.78, 5) is 22.7. The Bertz CT molecular complexity index is 605. The van der Waals surface area contributed by atoms with Crippen LogP contribution >= 0.6 is 23.8 Å². The van der Waals surface area contributed by atoms with Crippen LogP contribution in [0, 0.1) is 5.92 Å². The summed E-state index contributed by atoms with van der Waals surface area (Å²) in [6.07, 6.45) is 0.344. The van der Waals surface area contributed by atoms with Gasteiger partial charge in [0, 0.05) is 12.5 Å². The fourth-order valence-electron chi connectivity index (χ4n) is 1.69. The molecule has 0 bridgehead atoms. The molecule has 120 valence electrons. The Balaban J connectivity index is 2.87. The summed E-state index contributed by atoms with van der Waals surface area (Å²) in [5.41, 5.74) is 0.283. The number of hydrogen-bond acceptors (Lipinski definition) is 4. The Morgan fingerprint density at radius 1 is 1.41 bits per heavy atom. The lowest BCUT2D eigenvalue weighted by Gasteiger charge is -2.14. The third-order valence-corrected chi connectivity index (χ3v) is 3.13. The highest BCUT2D eigenvalue weighted by molar-refractivity contribution is 7.80. The standard InChI is InChI=1S/C14H17ClN2O4S/c1-7(2)4-12(18)17-14(22)16-10-6-11(21-3)8(13(19)20)5-9(10)15/h5-7H,4H2,1-3H3,(H,19,20)(H2,16,17,18,22). The number of carbonyl (C=O) groups excluding carboxylic acids is 1. The number of hydrogen-bond donors (Lipinski definition) is 3. The van der Waals surface area contributed by atoms with Crippen molar-refractivity contribution in [1.29, 1.82) is 0 Å². The SMILES string of the molecule is COc1cc(NC(=S)NC(=O)CC(C)C)c(Cl)cc1C(=O)O. The zero-order chi connectivity index (χ0) is 16.9. The van der Waals surface area contributed by atoms with Gasteiger partial charge in [0.1, 0.15) is 11.3 Å². The molecule has 0 fully saturated rings. The molecule has 0 radical (unpaired) electrons. The first-order valence-electron chi connectivity index (χ1n) is 6.46. The van der Waals surface area contributed by atoms with E-state index in [0.717, 1.165) is 0 Å². The molecule has 1 amide bonds. The van der Waals surface area contributed by atoms with Crippen LogP contribution in [0.25, 0.3) is 0 Å². The minimum absolute atomic E-state index is 0.0622. The first kappa shape index (κ1) is 18.2. The molecule has 0 saturated carbocycles. The highest BCUT2D eigenvalue weighted by Crippen LogP contribution is 2.31. The Labute approximate surface area is 138 Å². The van der Waals surface area contributed by atoms with Crippen LogP contribution in [0.5, 0.6) is 5.75 Å². The van der Waals surface area contributed by atoms with Crippen molar-refractivity contribution in [1.82, 2.24) is 5.32 Å². The van der Waals surface area contributed by atoms with Gasteiger partial charge in [0.05, 0.1) is 17.8 Å². The molecule has 22 heavy (non-hydrogen) atoms. The summed E-state index contributed by atoms with van der Waals surface area (Å²) in [6, 6.07) is 2.66. The number of anilines is 1. The molecular weight excluding hydrogens is 328 g/mol. The maximum atomic E-state index is 11.6. The second-order valence-corrected chi connectivity index (χ2v) is 5.75. The molecule has 8 heteroatoms. The number of aromatic carboxylic acids is 1. The van der Waals surface area contributed by atoms with Gasteiger partial charge >= 0.3 is 5.97 Å². The van der Waals surface area contributed by atoms with Gasteiger partial charge in [-0.05, 0) is 24.2 Å². The minimum Gasteiger partial charge on any atom is -0.496 e. The number of carbonyl (C=O) groups is 2. The van der Waals surface area contributed by atoms with Crippen LogP contribution in [0.2, 0.25) is 5.02 Å². The van der Waals surface area contributed by atoms with Crippen LogP contribution in [-0.4, -0.2) is 29.2 Å². The van der Waals surface area contributed by atoms with Gasteiger partial charge in [-0.25, -0.2) is 4.79 Å². The number of rotatable bonds is 5. The number of halogens is 1. The lowest BCUT2D eigenvalue weighted by Crippen LogP contribution is -2.34. The zero-order valence-corrected chi connectivity index (χ0v) is 14.0. The second-order valence-electron chi connectivity index (χ2n) is 4.94. The fraction of sp³-hybridized carbons (Fsp3) is 0.357. The van der Waals surface area contributed by atoms with Crippen molar-refractivity contribution in [3.05, 3.63) is 22.7 Å². The molecule has 0 aliphatic rings. The number of carboxylic acid groups (broad SMARTS) is 1. The molecule has 0 atom stereocenters. The number of methoxy groups -OCH3 is 1. The van der Waals surface area contributed by atoms with Gasteiger partial charge in [0.2, 0.25) is 5.91 Å². The van der Waals surface area contributed by atoms with Crippen molar-refractivity contribution in [2.45, 2.75) is 20.3 Å². The molecule has 1 aromatic rings. The van der Waals surface area contributed by atoms with Crippen molar-refractivity contribution in [2.24, 2.45) is 5.92 Å². The third-order valence-electron chi connectivity index (χ3n) is 2.61. The molecule has 0 aliphatic heterocycles. The van der Waals surface area contributed by atoms with Crippen molar-refractivity contribution in [3.63, 3.8) is 0 Å². The lowest BCUT2D eigenvalue weighted by molar-refractivity contribution is -0.120. The zero-order valence-electron chi connectivity index (χ0n) is 12.4. The van der Waals surface area contributed by atoms with Crippen LogP contribution in [0.15, 0.2) is 12.1 Å². The maximum Gasteiger partial charge on any atom is 0.339 e. The van der Waals surface area contributed by atoms with E-state index in [1.807, 2.05) is 13.8 Å². The number of nitrogens with one attached hydrogen (secondary N) is 2. The monoisotopic (exact) mass is 344 g/mol. The first-order valence-corrected chi connectivity index (χ1v) is 7.24. The van der Waals surface area contributed by atoms with Gasteiger partial charge in [0.25, 0.3) is 0 Å². The predicted molar refractivity (Wildman–Crippen MR) is 88.8 cm³/mol. The van der Waals surface area contributed by atoms with Gasteiger partial charge < -0.3 is 20.5 Å². The van der Waals surface area contributed by atoms with E-state index in [1.165, 1.54) is 19.2 Å². The summed E-state index contributed by atoms with van der Waals surface area (Å²) in [5, 5.41) is 14.6. The van der Waals surface area contributed by atoms with Gasteiger partial charge in [-0.1, -0.05) is 25.4 Å². The third kappa shape index (κ3) is 5.16. The molecule has 0 spiro atoms. The summed E-state index contributed by atoms with van der Waals surface area (Å²) in [6.45, 7) is 3.84. The topological polar surface area (TPSA) is 87.7 Å². The maximum absolute atomic E-state index is 11.6. The number of amides is 1. The summed E-state index contributed by atoms with van der Waals surface area (Å²) < 4.78 is 5.01. The highest BCUT2D eigenvalue weighted by Gasteiger charge is 2.16. The second kappa shape index (κ2) is 7.95. The summed E-state index contributed by atoms with van der Waals surface area (Å²) in [7, 11) is 1.35. The molecule has 6 nitrogen and oxygen atoms in total. The van der Waals surface area contributed by atoms with E-state index in [0.29, 0.717) is 12.1 Å². The van der Waals surface area contributed by atoms with Gasteiger partial charge in [-0.15, -0.1) is 0 Å². The molecule has 0 aliphatic carbocycles. The van der Waals surface area contributed by atoms with E-state index in [9.17, 15) is 9.59 Å². The smallest absolute Gasteiger partial charge is 0.339 e. The van der Waals surface area contributed by atoms with E-state index in [-0.39, 0.29) is 33.3 Å². The van der Waals surface area contributed by atoms with E-state index in [1.54, 1.807) is 0 Å². The van der Waals surface area contributed by atoms with Gasteiger partial charge in [0.15, 0.2) is 5.11 Å². The lowest BCUT2D eigenvalue weighted by atomic mass is 10.1. The number of thiocarbonyl (C=S) groups is 1. The molecule has 1 rings (SSSR count). The summed E-state index contributed by atoms with van der Waals surface area (Å²) >= 11 is 11.0. The van der Waals surface area contributed by atoms with E-state index in [2.05, 4.69) is 10.6 Å². The van der Waals surface area contributed by atoms with E-state index < -0.39 is 5.97 Å². The van der Waals surface area contributed by atoms with Crippen molar-refractivity contribution < 1.29 is 19.4 Å². The van der Waals surface area contributed by atoms with E-state index in [4.69, 9.17) is 33.7 Å². The Hall–Kier alpha value is -1.86. The molecule has 0 heterocycles. The fourth-order valence-corrected chi connectivity index (χ4v) is 2.12. The molecule has 3 N–H and O–H groups in total. The molecule has 1 aromatic carbocycles. The normalized spacial score (nSPS) is 10.2. The Kier molecular flexibility index (Phi) is 6.58. The highest BCUT2D eigenvalue weighted by atomic mass is 35.5. The van der Waals surface area contributed by atoms with Gasteiger partial charge in [-0.3, -0.25) is 4.79 Å². The van der Waals surface area contributed by atoms with Crippen LogP contribution in [0.1, 0.15) is 30.6 Å². The predicted octanol–water partition coefficient (Wildman–Crippen LogP) is 2.91. The average Bonchev–Trinajstić information content (AvgIpc) is 2.39. The average molecular weight is 345 g/mol. The minimum atomic E-state index is -1.15. The number of benzene rings is 1. The van der Waals surface area contributed by atoms with Crippen LogP contribution < -0.4 is 15.4 Å². The van der Waals surface area contributed by atoms with Gasteiger partial charge in [-0.2, -0.15) is 0 Å². The van der Waals surface area contributed by atoms with Crippen LogP contribution in [0.4, 0.5) is 5.69 Å². The van der Waals surface area contributed by atoms with Crippen molar-refractivity contribution in [3.8, 4) is 5.75 Å². The van der Waals surface area contributed by atoms with E-state index >= 15 is 0 Å². The first-order chi connectivity index (χ1) is 10.2. The van der Waals surface area contributed by atoms with Crippen molar-refractivity contribution >= 4 is 46.5 Å².